The van der Waals surface area contributed by atoms with Gasteiger partial charge in [0.15, 0.2) is 0 Å². The normalized spacial score (nSPS) is 23.6. The lowest BCUT2D eigenvalue weighted by molar-refractivity contribution is -0.153. The van der Waals surface area contributed by atoms with Gasteiger partial charge in [-0.1, -0.05) is 51.7 Å². The fourth-order valence-corrected chi connectivity index (χ4v) is 4.16. The fourth-order valence-electron chi connectivity index (χ4n) is 4.16. The highest BCUT2D eigenvalue weighted by Gasteiger charge is 2.39. The van der Waals surface area contributed by atoms with Crippen molar-refractivity contribution in [2.75, 3.05) is 6.61 Å². The van der Waals surface area contributed by atoms with Crippen molar-refractivity contribution in [2.45, 2.75) is 97.2 Å². The summed E-state index contributed by atoms with van der Waals surface area (Å²) in [6, 6.07) is 0. The van der Waals surface area contributed by atoms with Crippen molar-refractivity contribution < 1.29 is 29.3 Å². The van der Waals surface area contributed by atoms with Crippen LogP contribution in [0.4, 0.5) is 0 Å². The Balaban J connectivity index is 2.37. The van der Waals surface area contributed by atoms with Gasteiger partial charge in [-0.2, -0.15) is 0 Å². The highest BCUT2D eigenvalue weighted by Crippen LogP contribution is 2.34. The van der Waals surface area contributed by atoms with E-state index in [0.29, 0.717) is 19.3 Å². The summed E-state index contributed by atoms with van der Waals surface area (Å²) in [6.45, 7) is 6.02. The topological polar surface area (TPSA) is 101 Å². The summed E-state index contributed by atoms with van der Waals surface area (Å²) in [6.07, 6.45) is 9.63. The van der Waals surface area contributed by atoms with Gasteiger partial charge in [-0.05, 0) is 38.5 Å². The smallest absolute Gasteiger partial charge is 0.374 e. The average molecular weight is 425 g/mol. The maximum absolute atomic E-state index is 12.3. The summed E-state index contributed by atoms with van der Waals surface area (Å²) >= 11 is 0. The quantitative estimate of drug-likeness (QED) is 0.180. The highest BCUT2D eigenvalue weighted by atomic mass is 16.5. The molecule has 0 aromatic rings. The number of ether oxygens (including phenoxy) is 1. The molecule has 6 heteroatoms. The monoisotopic (exact) mass is 424 g/mol. The summed E-state index contributed by atoms with van der Waals surface area (Å²) in [5.41, 5.74) is 0. The fraction of sp³-hybridized carbons (Fsp3) is 0.792. The summed E-state index contributed by atoms with van der Waals surface area (Å²) < 4.78 is 4.68. The Bertz CT molecular complexity index is 570. The van der Waals surface area contributed by atoms with E-state index in [-0.39, 0.29) is 43.0 Å². The number of aliphatic hydroxyl groups is 2. The van der Waals surface area contributed by atoms with Gasteiger partial charge in [-0.25, -0.2) is 4.79 Å². The maximum Gasteiger partial charge on any atom is 0.374 e. The third-order valence-corrected chi connectivity index (χ3v) is 6.04. The Kier molecular flexibility index (Phi) is 12.8. The van der Waals surface area contributed by atoms with Crippen LogP contribution in [0.5, 0.6) is 0 Å². The van der Waals surface area contributed by atoms with Crippen LogP contribution in [0, 0.1) is 17.8 Å². The molecule has 0 radical (unpaired) electrons. The molecule has 0 amide bonds. The van der Waals surface area contributed by atoms with Crippen LogP contribution in [0.25, 0.3) is 0 Å². The first kappa shape index (κ1) is 26.5. The van der Waals surface area contributed by atoms with Crippen LogP contribution in [-0.2, 0) is 19.1 Å². The minimum atomic E-state index is -0.758. The Morgan fingerprint density at radius 3 is 2.57 bits per heavy atom. The summed E-state index contributed by atoms with van der Waals surface area (Å²) in [7, 11) is 0. The van der Waals surface area contributed by atoms with Gasteiger partial charge in [0, 0.05) is 24.7 Å². The molecule has 1 rings (SSSR count). The van der Waals surface area contributed by atoms with E-state index in [9.17, 15) is 24.6 Å². The molecule has 0 heterocycles. The molecule has 1 aliphatic carbocycles. The Labute approximate surface area is 181 Å². The largest absolute Gasteiger partial charge is 0.460 e. The van der Waals surface area contributed by atoms with Crippen LogP contribution in [0.1, 0.15) is 85.0 Å². The van der Waals surface area contributed by atoms with E-state index in [4.69, 9.17) is 0 Å². The van der Waals surface area contributed by atoms with Crippen molar-refractivity contribution >= 4 is 17.5 Å². The van der Waals surface area contributed by atoms with Crippen molar-refractivity contribution in [1.29, 1.82) is 0 Å². The van der Waals surface area contributed by atoms with E-state index < -0.39 is 24.0 Å². The Morgan fingerprint density at radius 2 is 1.90 bits per heavy atom. The van der Waals surface area contributed by atoms with E-state index in [2.05, 4.69) is 11.7 Å². The molecule has 6 nitrogen and oxygen atoms in total. The molecule has 2 unspecified atom stereocenters. The van der Waals surface area contributed by atoms with Crippen molar-refractivity contribution in [3.8, 4) is 0 Å². The number of Topliss-reactive ketones (excluding diaryl/α,β-unsaturated/α-hetero) is 2. The van der Waals surface area contributed by atoms with Crippen LogP contribution < -0.4 is 0 Å². The molecule has 0 aromatic heterocycles. The number of hydrogen-bond acceptors (Lipinski definition) is 6. The van der Waals surface area contributed by atoms with E-state index in [1.807, 2.05) is 19.1 Å². The molecule has 2 N–H and O–H groups in total. The second kappa shape index (κ2) is 14.5. The molecule has 1 aliphatic rings. The predicted molar refractivity (Wildman–Crippen MR) is 116 cm³/mol. The number of esters is 1. The lowest BCUT2D eigenvalue weighted by atomic mass is 9.88. The molecule has 0 aliphatic heterocycles. The third-order valence-electron chi connectivity index (χ3n) is 6.04. The zero-order chi connectivity index (χ0) is 22.5. The zero-order valence-corrected chi connectivity index (χ0v) is 18.8. The van der Waals surface area contributed by atoms with Crippen molar-refractivity contribution in [3.63, 3.8) is 0 Å². The Hall–Kier alpha value is -1.53. The van der Waals surface area contributed by atoms with Gasteiger partial charge in [0.05, 0.1) is 18.8 Å². The first-order valence-electron chi connectivity index (χ1n) is 11.6. The number of ketones is 2. The number of carbonyl (C=O) groups is 3. The van der Waals surface area contributed by atoms with Gasteiger partial charge < -0.3 is 14.9 Å². The summed E-state index contributed by atoms with van der Waals surface area (Å²) in [5, 5.41) is 20.5. The molecule has 0 bridgehead atoms. The van der Waals surface area contributed by atoms with E-state index >= 15 is 0 Å². The SMILES string of the molecule is CCCC(C)C(O)CC=C[C@H]1[C@H](O)CC(=O)[C@@H]1CCCCCCC(=O)C(=O)OCC. The van der Waals surface area contributed by atoms with Crippen LogP contribution >= 0.6 is 0 Å². The van der Waals surface area contributed by atoms with Gasteiger partial charge in [0.1, 0.15) is 5.78 Å². The van der Waals surface area contributed by atoms with E-state index in [0.717, 1.165) is 32.1 Å². The lowest BCUT2D eigenvalue weighted by Crippen LogP contribution is -2.19. The summed E-state index contributed by atoms with van der Waals surface area (Å²) in [5.74, 6) is -1.26. The lowest BCUT2D eigenvalue weighted by Gasteiger charge is -2.19. The van der Waals surface area contributed by atoms with Gasteiger partial charge in [0.2, 0.25) is 5.78 Å². The van der Waals surface area contributed by atoms with Crippen LogP contribution in [0.2, 0.25) is 0 Å². The standard InChI is InChI=1S/C24H40O6/c1-4-11-17(3)20(25)15-10-13-19-18(22(27)16-23(19)28)12-8-6-7-9-14-21(26)24(29)30-5-2/h10,13,17-20,23,25,28H,4-9,11-12,14-16H2,1-3H3/t17?,18-,19-,20?,23-/m1/s1. The van der Waals surface area contributed by atoms with Gasteiger partial charge in [-0.3, -0.25) is 9.59 Å². The van der Waals surface area contributed by atoms with Crippen LogP contribution in [0.15, 0.2) is 12.2 Å². The minimum absolute atomic E-state index is 0.106. The molecule has 0 aromatic carbocycles. The van der Waals surface area contributed by atoms with Crippen molar-refractivity contribution in [1.82, 2.24) is 0 Å². The van der Waals surface area contributed by atoms with Crippen molar-refractivity contribution in [2.24, 2.45) is 17.8 Å². The Morgan fingerprint density at radius 1 is 1.20 bits per heavy atom. The molecule has 5 atom stereocenters. The minimum Gasteiger partial charge on any atom is -0.460 e. The van der Waals surface area contributed by atoms with Crippen molar-refractivity contribution in [3.05, 3.63) is 12.2 Å². The number of rotatable bonds is 15. The first-order chi connectivity index (χ1) is 14.3. The maximum atomic E-state index is 12.3. The first-order valence-corrected chi connectivity index (χ1v) is 11.6. The average Bonchev–Trinajstić information content (AvgIpc) is 2.97. The molecular formula is C24H40O6. The van der Waals surface area contributed by atoms with Gasteiger partial charge in [-0.15, -0.1) is 0 Å². The van der Waals surface area contributed by atoms with Crippen LogP contribution in [0.3, 0.4) is 0 Å². The zero-order valence-electron chi connectivity index (χ0n) is 18.8. The number of carbonyl (C=O) groups excluding carboxylic acids is 3. The third kappa shape index (κ3) is 9.09. The molecule has 1 saturated carbocycles. The number of unbranched alkanes of at least 4 members (excludes halogenated alkanes) is 3. The van der Waals surface area contributed by atoms with E-state index in [1.54, 1.807) is 6.92 Å². The number of hydrogen-bond donors (Lipinski definition) is 2. The summed E-state index contributed by atoms with van der Waals surface area (Å²) in [4.78, 5) is 35.1. The molecule has 30 heavy (non-hydrogen) atoms. The highest BCUT2D eigenvalue weighted by molar-refractivity contribution is 6.33. The second-order valence-electron chi connectivity index (χ2n) is 8.52. The van der Waals surface area contributed by atoms with E-state index in [1.165, 1.54) is 0 Å². The second-order valence-corrected chi connectivity index (χ2v) is 8.52. The van der Waals surface area contributed by atoms with Crippen LogP contribution in [-0.4, -0.2) is 46.6 Å². The number of aliphatic hydroxyl groups excluding tert-OH is 2. The molecule has 0 spiro atoms. The van der Waals surface area contributed by atoms with Gasteiger partial charge in [0.25, 0.3) is 0 Å². The predicted octanol–water partition coefficient (Wildman–Crippen LogP) is 3.77. The molecule has 0 saturated heterocycles. The molecular weight excluding hydrogens is 384 g/mol. The molecule has 172 valence electrons. The molecule has 1 fully saturated rings. The van der Waals surface area contributed by atoms with Gasteiger partial charge >= 0.3 is 5.97 Å².